The number of thiophene rings is 1. The van der Waals surface area contributed by atoms with Crippen LogP contribution in [0.15, 0.2) is 51.7 Å². The van der Waals surface area contributed by atoms with Crippen LogP contribution in [0.2, 0.25) is 0 Å². The Hall–Kier alpha value is -1.90. The summed E-state index contributed by atoms with van der Waals surface area (Å²) in [6, 6.07) is 9.96. The summed E-state index contributed by atoms with van der Waals surface area (Å²) in [5.74, 6) is 0.162. The molecule has 0 N–H and O–H groups in total. The standard InChI is InChI=1S/C20H20N2O3S3/c1-20(2)11-14-17(16(23)12-20)19(26-3)27-18(14)15-9-10-22(21-15)28(24,25)13-7-5-4-6-8-13/h4-10H,11-12H2,1-3H3. The van der Waals surface area contributed by atoms with E-state index in [1.165, 1.54) is 17.5 Å². The second kappa shape index (κ2) is 6.86. The Morgan fingerprint density at radius 2 is 1.86 bits per heavy atom. The Morgan fingerprint density at radius 1 is 1.14 bits per heavy atom. The lowest BCUT2D eigenvalue weighted by molar-refractivity contribution is 0.0910. The Bertz CT molecular complexity index is 1160. The first kappa shape index (κ1) is 19.4. The summed E-state index contributed by atoms with van der Waals surface area (Å²) in [6.07, 6.45) is 4.74. The largest absolute Gasteiger partial charge is 0.294 e. The number of benzene rings is 1. The Balaban J connectivity index is 1.82. The molecule has 0 fully saturated rings. The van der Waals surface area contributed by atoms with Gasteiger partial charge < -0.3 is 0 Å². The maximum atomic E-state index is 12.8. The third-order valence-electron chi connectivity index (χ3n) is 4.82. The van der Waals surface area contributed by atoms with Gasteiger partial charge in [0.25, 0.3) is 10.0 Å². The Labute approximate surface area is 172 Å². The van der Waals surface area contributed by atoms with Crippen LogP contribution >= 0.6 is 23.1 Å². The number of hydrogen-bond donors (Lipinski definition) is 0. The molecule has 0 radical (unpaired) electrons. The molecule has 1 aliphatic rings. The predicted molar refractivity (Wildman–Crippen MR) is 113 cm³/mol. The molecule has 0 spiro atoms. The zero-order valence-corrected chi connectivity index (χ0v) is 18.2. The highest BCUT2D eigenvalue weighted by atomic mass is 32.2. The van der Waals surface area contributed by atoms with Crippen LogP contribution in [0.25, 0.3) is 10.6 Å². The number of fused-ring (bicyclic) bond motifs is 1. The Morgan fingerprint density at radius 3 is 2.54 bits per heavy atom. The van der Waals surface area contributed by atoms with Gasteiger partial charge in [0.1, 0.15) is 5.69 Å². The van der Waals surface area contributed by atoms with Crippen molar-refractivity contribution in [1.82, 2.24) is 9.19 Å². The number of aromatic nitrogens is 2. The number of carbonyl (C=O) groups is 1. The van der Waals surface area contributed by atoms with Crippen molar-refractivity contribution in [3.63, 3.8) is 0 Å². The number of carbonyl (C=O) groups excluding carboxylic acids is 1. The van der Waals surface area contributed by atoms with Crippen molar-refractivity contribution >= 4 is 38.9 Å². The van der Waals surface area contributed by atoms with Crippen molar-refractivity contribution in [1.29, 1.82) is 0 Å². The van der Waals surface area contributed by atoms with Crippen LogP contribution in [0.1, 0.15) is 36.2 Å². The lowest BCUT2D eigenvalue weighted by atomic mass is 9.74. The van der Waals surface area contributed by atoms with Gasteiger partial charge in [0.2, 0.25) is 0 Å². The average Bonchev–Trinajstić information content (AvgIpc) is 3.26. The lowest BCUT2D eigenvalue weighted by Crippen LogP contribution is -2.26. The van der Waals surface area contributed by atoms with Gasteiger partial charge in [0.15, 0.2) is 5.78 Å². The first-order valence-corrected chi connectivity index (χ1v) is 12.3. The topological polar surface area (TPSA) is 69.0 Å². The smallest absolute Gasteiger partial charge is 0.282 e. The minimum absolute atomic E-state index is 0.117. The SMILES string of the molecule is CSc1sc(-c2ccn(S(=O)(=O)c3ccccc3)n2)c2c1C(=O)CC(C)(C)C2. The fourth-order valence-electron chi connectivity index (χ4n) is 3.57. The highest BCUT2D eigenvalue weighted by molar-refractivity contribution is 8.00. The van der Waals surface area contributed by atoms with Gasteiger partial charge in [-0.15, -0.1) is 23.1 Å². The average molecular weight is 433 g/mol. The summed E-state index contributed by atoms with van der Waals surface area (Å²) in [7, 11) is -3.74. The van der Waals surface area contributed by atoms with E-state index in [0.717, 1.165) is 30.7 Å². The van der Waals surface area contributed by atoms with Crippen LogP contribution in [0.5, 0.6) is 0 Å². The number of thioether (sulfide) groups is 1. The molecule has 0 unspecified atom stereocenters. The van der Waals surface area contributed by atoms with Gasteiger partial charge in [0.05, 0.1) is 14.0 Å². The summed E-state index contributed by atoms with van der Waals surface area (Å²) < 4.78 is 27.6. The molecule has 146 valence electrons. The van der Waals surface area contributed by atoms with E-state index in [1.807, 2.05) is 6.26 Å². The molecular weight excluding hydrogens is 412 g/mol. The van der Waals surface area contributed by atoms with Crippen molar-refractivity contribution in [2.45, 2.75) is 35.8 Å². The van der Waals surface area contributed by atoms with Gasteiger partial charge >= 0.3 is 0 Å². The fraction of sp³-hybridized carbons (Fsp3) is 0.300. The monoisotopic (exact) mass is 432 g/mol. The van der Waals surface area contributed by atoms with Crippen LogP contribution in [-0.4, -0.2) is 29.6 Å². The van der Waals surface area contributed by atoms with Crippen molar-refractivity contribution in [2.24, 2.45) is 5.41 Å². The molecule has 3 aromatic rings. The van der Waals surface area contributed by atoms with E-state index >= 15 is 0 Å². The van der Waals surface area contributed by atoms with Gasteiger partial charge in [-0.2, -0.15) is 17.6 Å². The molecule has 5 nitrogen and oxygen atoms in total. The molecule has 0 amide bonds. The number of rotatable bonds is 4. The summed E-state index contributed by atoms with van der Waals surface area (Å²) in [5.41, 5.74) is 2.27. The summed E-state index contributed by atoms with van der Waals surface area (Å²) in [4.78, 5) is 13.8. The van der Waals surface area contributed by atoms with Crippen molar-refractivity contribution < 1.29 is 13.2 Å². The van der Waals surface area contributed by atoms with Crippen molar-refractivity contribution in [3.8, 4) is 10.6 Å². The van der Waals surface area contributed by atoms with Crippen LogP contribution in [0, 0.1) is 5.41 Å². The van der Waals surface area contributed by atoms with E-state index in [-0.39, 0.29) is 16.1 Å². The highest BCUT2D eigenvalue weighted by Crippen LogP contribution is 2.47. The second-order valence-corrected chi connectivity index (χ2v) is 11.5. The molecule has 2 aromatic heterocycles. The molecule has 2 heterocycles. The van der Waals surface area contributed by atoms with Crippen LogP contribution in [-0.2, 0) is 16.4 Å². The highest BCUT2D eigenvalue weighted by Gasteiger charge is 2.36. The van der Waals surface area contributed by atoms with E-state index < -0.39 is 10.0 Å². The van der Waals surface area contributed by atoms with E-state index in [1.54, 1.807) is 48.2 Å². The second-order valence-electron chi connectivity index (χ2n) is 7.61. The maximum absolute atomic E-state index is 12.8. The van der Waals surface area contributed by atoms with Gasteiger partial charge in [-0.3, -0.25) is 4.79 Å². The first-order chi connectivity index (χ1) is 13.2. The van der Waals surface area contributed by atoms with Crippen LogP contribution in [0.4, 0.5) is 0 Å². The number of Topliss-reactive ketones (excluding diaryl/α,β-unsaturated/α-hetero) is 1. The van der Waals surface area contributed by atoms with Crippen LogP contribution < -0.4 is 0 Å². The third kappa shape index (κ3) is 3.23. The van der Waals surface area contributed by atoms with Crippen molar-refractivity contribution in [2.75, 3.05) is 6.26 Å². The van der Waals surface area contributed by atoms with E-state index in [9.17, 15) is 13.2 Å². The van der Waals surface area contributed by atoms with E-state index in [0.29, 0.717) is 12.1 Å². The third-order valence-corrected chi connectivity index (χ3v) is 8.76. The molecule has 28 heavy (non-hydrogen) atoms. The number of ketones is 1. The lowest BCUT2D eigenvalue weighted by Gasteiger charge is -2.29. The molecule has 0 aliphatic heterocycles. The molecular formula is C20H20N2O3S3. The number of hydrogen-bond acceptors (Lipinski definition) is 6. The van der Waals surface area contributed by atoms with Gasteiger partial charge in [0, 0.05) is 18.2 Å². The molecule has 4 rings (SSSR count). The fourth-order valence-corrected chi connectivity index (χ4v) is 6.76. The van der Waals surface area contributed by atoms with Gasteiger partial charge in [-0.25, -0.2) is 0 Å². The first-order valence-electron chi connectivity index (χ1n) is 8.82. The molecule has 0 bridgehead atoms. The van der Waals surface area contributed by atoms with Gasteiger partial charge in [-0.05, 0) is 41.9 Å². The minimum atomic E-state index is -3.74. The van der Waals surface area contributed by atoms with Crippen molar-refractivity contribution in [3.05, 3.63) is 53.7 Å². The molecule has 8 heteroatoms. The molecule has 0 saturated carbocycles. The van der Waals surface area contributed by atoms with E-state index in [2.05, 4.69) is 18.9 Å². The van der Waals surface area contributed by atoms with E-state index in [4.69, 9.17) is 0 Å². The van der Waals surface area contributed by atoms with Crippen LogP contribution in [0.3, 0.4) is 0 Å². The summed E-state index contributed by atoms with van der Waals surface area (Å²) in [5, 5.41) is 4.38. The maximum Gasteiger partial charge on any atom is 0.282 e. The van der Waals surface area contributed by atoms with Gasteiger partial charge in [-0.1, -0.05) is 32.0 Å². The minimum Gasteiger partial charge on any atom is -0.294 e. The predicted octanol–water partition coefficient (Wildman–Crippen LogP) is 4.73. The quantitative estimate of drug-likeness (QED) is 0.558. The molecule has 0 saturated heterocycles. The zero-order valence-electron chi connectivity index (χ0n) is 15.8. The number of nitrogens with zero attached hydrogens (tertiary/aromatic N) is 2. The zero-order chi connectivity index (χ0) is 20.1. The molecule has 1 aliphatic carbocycles. The summed E-state index contributed by atoms with van der Waals surface area (Å²) >= 11 is 3.08. The summed E-state index contributed by atoms with van der Waals surface area (Å²) in [6.45, 7) is 4.18. The normalized spacial score (nSPS) is 16.2. The molecule has 0 atom stereocenters. The molecule has 1 aromatic carbocycles. The Kier molecular flexibility index (Phi) is 4.76.